The molecule has 0 spiro atoms. The van der Waals surface area contributed by atoms with Gasteiger partial charge in [0.15, 0.2) is 0 Å². The number of carbonyl (C=O) groups is 1. The van der Waals surface area contributed by atoms with E-state index in [2.05, 4.69) is 16.3 Å². The van der Waals surface area contributed by atoms with E-state index in [1.807, 2.05) is 19.1 Å². The molecule has 0 fully saturated rings. The number of benzene rings is 2. The minimum absolute atomic E-state index is 0.162. The Bertz CT molecular complexity index is 1030. The number of hydrogen-bond acceptors (Lipinski definition) is 3. The van der Waals surface area contributed by atoms with Gasteiger partial charge >= 0.3 is 0 Å². The Morgan fingerprint density at radius 3 is 2.71 bits per heavy atom. The number of nitrogens with one attached hydrogen (secondary N) is 1. The van der Waals surface area contributed by atoms with Crippen LogP contribution in [0.4, 0.5) is 5.69 Å². The van der Waals surface area contributed by atoms with Gasteiger partial charge in [0, 0.05) is 16.6 Å². The Labute approximate surface area is 138 Å². The summed E-state index contributed by atoms with van der Waals surface area (Å²) in [6, 6.07) is 14.2. The van der Waals surface area contributed by atoms with Crippen LogP contribution in [0.15, 0.2) is 53.3 Å². The van der Waals surface area contributed by atoms with Crippen LogP contribution in [0.25, 0.3) is 10.8 Å². The van der Waals surface area contributed by atoms with Crippen molar-refractivity contribution in [2.24, 2.45) is 0 Å². The first-order chi connectivity index (χ1) is 11.6. The molecular formula is C19H15N3O2. The van der Waals surface area contributed by atoms with Gasteiger partial charge < -0.3 is 5.32 Å². The van der Waals surface area contributed by atoms with Gasteiger partial charge in [-0.05, 0) is 31.2 Å². The molecule has 2 aromatic carbocycles. The van der Waals surface area contributed by atoms with Crippen molar-refractivity contribution < 1.29 is 4.79 Å². The smallest absolute Gasteiger partial charge is 0.275 e. The van der Waals surface area contributed by atoms with E-state index >= 15 is 0 Å². The number of carbonyl (C=O) groups excluding carboxylic acids is 1. The van der Waals surface area contributed by atoms with Gasteiger partial charge in [-0.3, -0.25) is 9.59 Å². The summed E-state index contributed by atoms with van der Waals surface area (Å²) in [7, 11) is 0. The van der Waals surface area contributed by atoms with Gasteiger partial charge in [-0.25, -0.2) is 4.68 Å². The number of aromatic nitrogens is 2. The maximum absolute atomic E-state index is 12.5. The molecule has 0 atom stereocenters. The number of nitrogens with zero attached hydrogens (tertiary/aromatic N) is 2. The van der Waals surface area contributed by atoms with Gasteiger partial charge in [-0.2, -0.15) is 5.10 Å². The van der Waals surface area contributed by atoms with Crippen molar-refractivity contribution in [3.05, 3.63) is 70.1 Å². The first-order valence-electron chi connectivity index (χ1n) is 7.41. The van der Waals surface area contributed by atoms with Gasteiger partial charge in [-0.15, -0.1) is 6.42 Å². The first-order valence-corrected chi connectivity index (χ1v) is 7.41. The van der Waals surface area contributed by atoms with Crippen molar-refractivity contribution in [1.29, 1.82) is 0 Å². The molecule has 3 aromatic rings. The molecule has 5 nitrogen and oxygen atoms in total. The summed E-state index contributed by atoms with van der Waals surface area (Å²) in [5, 5.41) is 8.29. The van der Waals surface area contributed by atoms with Gasteiger partial charge in [0.25, 0.3) is 5.56 Å². The van der Waals surface area contributed by atoms with Crippen LogP contribution in [0.2, 0.25) is 0 Å². The topological polar surface area (TPSA) is 64.0 Å². The molecule has 0 saturated carbocycles. The number of terminal acetylenes is 1. The van der Waals surface area contributed by atoms with E-state index in [1.165, 1.54) is 4.68 Å². The SMILES string of the molecule is C#Cc1cccc(NC(=O)Cn2nc(C)c3ccccc3c2=O)c1. The quantitative estimate of drug-likeness (QED) is 0.754. The fourth-order valence-electron chi connectivity index (χ4n) is 2.53. The Hall–Kier alpha value is -3.39. The number of amides is 1. The molecule has 24 heavy (non-hydrogen) atoms. The zero-order chi connectivity index (χ0) is 17.1. The zero-order valence-corrected chi connectivity index (χ0v) is 13.1. The van der Waals surface area contributed by atoms with E-state index in [0.29, 0.717) is 22.3 Å². The molecule has 0 aliphatic rings. The second-order valence-corrected chi connectivity index (χ2v) is 5.37. The molecule has 0 bridgehead atoms. The maximum Gasteiger partial charge on any atom is 0.275 e. The van der Waals surface area contributed by atoms with Gasteiger partial charge in [0.1, 0.15) is 6.54 Å². The minimum Gasteiger partial charge on any atom is -0.324 e. The van der Waals surface area contributed by atoms with Crippen molar-refractivity contribution >= 4 is 22.4 Å². The number of anilines is 1. The lowest BCUT2D eigenvalue weighted by Gasteiger charge is -2.09. The van der Waals surface area contributed by atoms with Crippen LogP contribution in [0.1, 0.15) is 11.3 Å². The lowest BCUT2D eigenvalue weighted by Crippen LogP contribution is -2.30. The van der Waals surface area contributed by atoms with Crippen LogP contribution in [-0.4, -0.2) is 15.7 Å². The number of aryl methyl sites for hydroxylation is 1. The van der Waals surface area contributed by atoms with Crippen molar-refractivity contribution in [2.75, 3.05) is 5.32 Å². The molecule has 1 aromatic heterocycles. The predicted octanol–water partition coefficient (Wildman–Crippen LogP) is 2.32. The average molecular weight is 317 g/mol. The lowest BCUT2D eigenvalue weighted by atomic mass is 10.1. The highest BCUT2D eigenvalue weighted by Gasteiger charge is 2.11. The van der Waals surface area contributed by atoms with Crippen molar-refractivity contribution in [1.82, 2.24) is 9.78 Å². The van der Waals surface area contributed by atoms with Crippen LogP contribution in [0, 0.1) is 19.3 Å². The zero-order valence-electron chi connectivity index (χ0n) is 13.1. The van der Waals surface area contributed by atoms with E-state index in [9.17, 15) is 9.59 Å². The highest BCUT2D eigenvalue weighted by atomic mass is 16.2. The third-order valence-electron chi connectivity index (χ3n) is 3.66. The third kappa shape index (κ3) is 3.03. The van der Waals surface area contributed by atoms with Crippen molar-refractivity contribution in [2.45, 2.75) is 13.5 Å². The summed E-state index contributed by atoms with van der Waals surface area (Å²) in [5.41, 5.74) is 1.67. The Balaban J connectivity index is 1.87. The summed E-state index contributed by atoms with van der Waals surface area (Å²) in [4.78, 5) is 24.7. The van der Waals surface area contributed by atoms with E-state index < -0.39 is 0 Å². The van der Waals surface area contributed by atoms with Crippen LogP contribution in [0.5, 0.6) is 0 Å². The van der Waals surface area contributed by atoms with E-state index in [4.69, 9.17) is 6.42 Å². The van der Waals surface area contributed by atoms with Gasteiger partial charge in [0.2, 0.25) is 5.91 Å². The molecule has 1 amide bonds. The second kappa shape index (κ2) is 6.39. The second-order valence-electron chi connectivity index (χ2n) is 5.37. The van der Waals surface area contributed by atoms with Gasteiger partial charge in [0.05, 0.1) is 11.1 Å². The molecule has 5 heteroatoms. The molecule has 0 aliphatic carbocycles. The molecule has 118 valence electrons. The summed E-state index contributed by atoms with van der Waals surface area (Å²) >= 11 is 0. The number of hydrogen-bond donors (Lipinski definition) is 1. The number of fused-ring (bicyclic) bond motifs is 1. The predicted molar refractivity (Wildman–Crippen MR) is 93.7 cm³/mol. The highest BCUT2D eigenvalue weighted by molar-refractivity contribution is 5.91. The standard InChI is InChI=1S/C19H15N3O2/c1-3-14-7-6-8-15(11-14)20-18(23)12-22-19(24)17-10-5-4-9-16(17)13(2)21-22/h1,4-11H,12H2,2H3,(H,20,23). The van der Waals surface area contributed by atoms with Crippen LogP contribution < -0.4 is 10.9 Å². The molecule has 1 heterocycles. The largest absolute Gasteiger partial charge is 0.324 e. The van der Waals surface area contributed by atoms with E-state index in [1.54, 1.807) is 36.4 Å². The van der Waals surface area contributed by atoms with Crippen LogP contribution >= 0.6 is 0 Å². The molecule has 0 radical (unpaired) electrons. The average Bonchev–Trinajstić information content (AvgIpc) is 2.59. The summed E-state index contributed by atoms with van der Waals surface area (Å²) in [5.74, 6) is 2.17. The van der Waals surface area contributed by atoms with Crippen LogP contribution in [0.3, 0.4) is 0 Å². The highest BCUT2D eigenvalue weighted by Crippen LogP contribution is 2.12. The molecule has 1 N–H and O–H groups in total. The summed E-state index contributed by atoms with van der Waals surface area (Å²) in [6.45, 7) is 1.65. The summed E-state index contributed by atoms with van der Waals surface area (Å²) < 4.78 is 1.18. The molecule has 3 rings (SSSR count). The molecule has 0 unspecified atom stereocenters. The Morgan fingerprint density at radius 2 is 1.96 bits per heavy atom. The molecule has 0 aliphatic heterocycles. The monoisotopic (exact) mass is 317 g/mol. The first kappa shape index (κ1) is 15.5. The molecular weight excluding hydrogens is 302 g/mol. The van der Waals surface area contributed by atoms with Crippen molar-refractivity contribution in [3.63, 3.8) is 0 Å². The number of rotatable bonds is 3. The Kier molecular flexibility index (Phi) is 4.13. The minimum atomic E-state index is -0.339. The molecule has 0 saturated heterocycles. The fraction of sp³-hybridized carbons (Fsp3) is 0.105. The maximum atomic E-state index is 12.5. The normalized spacial score (nSPS) is 10.3. The Morgan fingerprint density at radius 1 is 1.21 bits per heavy atom. The fourth-order valence-corrected chi connectivity index (χ4v) is 2.53. The third-order valence-corrected chi connectivity index (χ3v) is 3.66. The van der Waals surface area contributed by atoms with Crippen molar-refractivity contribution in [3.8, 4) is 12.3 Å². The summed E-state index contributed by atoms with van der Waals surface area (Å²) in [6.07, 6.45) is 5.34. The van der Waals surface area contributed by atoms with Crippen LogP contribution in [-0.2, 0) is 11.3 Å². The van der Waals surface area contributed by atoms with E-state index in [-0.39, 0.29) is 18.0 Å². The lowest BCUT2D eigenvalue weighted by molar-refractivity contribution is -0.117. The van der Waals surface area contributed by atoms with E-state index in [0.717, 1.165) is 5.39 Å². The van der Waals surface area contributed by atoms with Gasteiger partial charge in [-0.1, -0.05) is 30.2 Å².